The fourth-order valence-corrected chi connectivity index (χ4v) is 1.51. The molecule has 1 rings (SSSR count). The van der Waals surface area contributed by atoms with Gasteiger partial charge >= 0.3 is 12.1 Å². The first-order chi connectivity index (χ1) is 8.29. The lowest BCUT2D eigenvalue weighted by Gasteiger charge is -2.20. The monoisotopic (exact) mass is 267 g/mol. The molecule has 0 amide bonds. The van der Waals surface area contributed by atoms with Crippen molar-refractivity contribution in [2.24, 2.45) is 0 Å². The van der Waals surface area contributed by atoms with Crippen molar-refractivity contribution >= 4 is 0 Å². The highest BCUT2D eigenvalue weighted by Crippen LogP contribution is 2.43. The zero-order valence-corrected chi connectivity index (χ0v) is 9.82. The molecule has 0 fully saturated rings. The van der Waals surface area contributed by atoms with E-state index in [0.717, 1.165) is 30.7 Å². The zero-order valence-electron chi connectivity index (χ0n) is 9.82. The van der Waals surface area contributed by atoms with Gasteiger partial charge in [-0.1, -0.05) is 24.3 Å². The average Bonchev–Trinajstić information content (AvgIpc) is 2.28. The van der Waals surface area contributed by atoms with E-state index < -0.39 is 17.7 Å². The van der Waals surface area contributed by atoms with Crippen LogP contribution >= 0.6 is 0 Å². The lowest BCUT2D eigenvalue weighted by molar-refractivity contribution is -0.289. The Morgan fingerprint density at radius 1 is 1.00 bits per heavy atom. The molecule has 0 heterocycles. The van der Waals surface area contributed by atoms with Crippen LogP contribution in [0.5, 0.6) is 0 Å². The van der Waals surface area contributed by atoms with Crippen LogP contribution < -0.4 is 5.32 Å². The van der Waals surface area contributed by atoms with Crippen LogP contribution in [0.2, 0.25) is 0 Å². The first-order valence-electron chi connectivity index (χ1n) is 5.47. The molecule has 0 aliphatic heterocycles. The summed E-state index contributed by atoms with van der Waals surface area (Å²) < 4.78 is 62.3. The van der Waals surface area contributed by atoms with Crippen molar-refractivity contribution in [1.29, 1.82) is 0 Å². The van der Waals surface area contributed by atoms with Gasteiger partial charge in [-0.05, 0) is 32.0 Å². The first kappa shape index (κ1) is 14.9. The zero-order chi connectivity index (χ0) is 13.8. The molecule has 0 spiro atoms. The van der Waals surface area contributed by atoms with Gasteiger partial charge in [-0.3, -0.25) is 0 Å². The van der Waals surface area contributed by atoms with Crippen molar-refractivity contribution in [1.82, 2.24) is 5.32 Å². The third-order valence-corrected chi connectivity index (χ3v) is 2.56. The van der Waals surface area contributed by atoms with Crippen LogP contribution in [0.25, 0.3) is 0 Å². The molecule has 6 heteroatoms. The van der Waals surface area contributed by atoms with Gasteiger partial charge < -0.3 is 5.32 Å². The molecule has 0 aliphatic rings. The molecule has 1 N–H and O–H groups in total. The van der Waals surface area contributed by atoms with Crippen LogP contribution in [0.15, 0.2) is 24.3 Å². The Kier molecular flexibility index (Phi) is 4.67. The van der Waals surface area contributed by atoms with Crippen LogP contribution in [0.1, 0.15) is 17.5 Å². The summed E-state index contributed by atoms with van der Waals surface area (Å²) >= 11 is 0. The summed E-state index contributed by atoms with van der Waals surface area (Å²) in [6.45, 7) is 0.764. The highest BCUT2D eigenvalue weighted by molar-refractivity contribution is 5.27. The minimum atomic E-state index is -5.55. The normalized spacial score (nSPS) is 12.8. The maximum absolute atomic E-state index is 13.0. The standard InChI is InChI=1S/C12H14F5N/c1-18-8-2-3-9-4-6-10(7-5-9)11(13,14)12(15,16)17/h4-7,18H,2-3,8H2,1H3. The summed E-state index contributed by atoms with van der Waals surface area (Å²) in [6.07, 6.45) is -4.12. The van der Waals surface area contributed by atoms with Crippen LogP contribution in [0.3, 0.4) is 0 Å². The third kappa shape index (κ3) is 3.41. The van der Waals surface area contributed by atoms with Crippen molar-refractivity contribution in [2.75, 3.05) is 13.6 Å². The molecule has 0 atom stereocenters. The summed E-state index contributed by atoms with van der Waals surface area (Å²) in [5, 5.41) is 2.92. The molecule has 1 aromatic rings. The molecular formula is C12H14F5N. The molecule has 0 bridgehead atoms. The Morgan fingerprint density at radius 3 is 2.00 bits per heavy atom. The molecule has 0 saturated carbocycles. The number of nitrogens with one attached hydrogen (secondary N) is 1. The van der Waals surface area contributed by atoms with Gasteiger partial charge in [0, 0.05) is 5.56 Å². The molecule has 0 unspecified atom stereocenters. The topological polar surface area (TPSA) is 12.0 Å². The molecule has 0 saturated heterocycles. The largest absolute Gasteiger partial charge is 0.458 e. The molecule has 1 aromatic carbocycles. The summed E-state index contributed by atoms with van der Waals surface area (Å²) in [6, 6.07) is 4.29. The lowest BCUT2D eigenvalue weighted by atomic mass is 10.0. The number of halogens is 5. The van der Waals surface area contributed by atoms with Gasteiger partial charge in [0.25, 0.3) is 0 Å². The second-order valence-corrected chi connectivity index (χ2v) is 3.98. The van der Waals surface area contributed by atoms with Crippen molar-refractivity contribution in [2.45, 2.75) is 24.9 Å². The second-order valence-electron chi connectivity index (χ2n) is 3.98. The number of benzene rings is 1. The SMILES string of the molecule is CNCCCc1ccc(C(F)(F)C(F)(F)F)cc1. The molecule has 0 radical (unpaired) electrons. The molecule has 0 aromatic heterocycles. The van der Waals surface area contributed by atoms with Crippen LogP contribution in [-0.4, -0.2) is 19.8 Å². The smallest absolute Gasteiger partial charge is 0.320 e. The molecule has 102 valence electrons. The highest BCUT2D eigenvalue weighted by Gasteiger charge is 2.58. The summed E-state index contributed by atoms with van der Waals surface area (Å²) in [5.41, 5.74) is -0.278. The molecule has 0 aliphatic carbocycles. The summed E-state index contributed by atoms with van der Waals surface area (Å²) in [5.74, 6) is -4.80. The van der Waals surface area contributed by atoms with Gasteiger partial charge in [-0.2, -0.15) is 22.0 Å². The highest BCUT2D eigenvalue weighted by atomic mass is 19.4. The Morgan fingerprint density at radius 2 is 1.56 bits per heavy atom. The van der Waals surface area contributed by atoms with Crippen LogP contribution in [0.4, 0.5) is 22.0 Å². The van der Waals surface area contributed by atoms with E-state index in [1.807, 2.05) is 0 Å². The predicted octanol–water partition coefficient (Wildman–Crippen LogP) is 3.49. The Labute approximate surface area is 102 Å². The Balaban J connectivity index is 2.77. The van der Waals surface area contributed by atoms with Crippen LogP contribution in [0, 0.1) is 0 Å². The average molecular weight is 267 g/mol. The van der Waals surface area contributed by atoms with E-state index in [1.54, 1.807) is 7.05 Å². The lowest BCUT2D eigenvalue weighted by Crippen LogP contribution is -2.33. The van der Waals surface area contributed by atoms with E-state index in [2.05, 4.69) is 5.32 Å². The number of aryl methyl sites for hydroxylation is 1. The van der Waals surface area contributed by atoms with E-state index in [0.29, 0.717) is 6.42 Å². The first-order valence-corrected chi connectivity index (χ1v) is 5.47. The van der Waals surface area contributed by atoms with Gasteiger partial charge in [0.05, 0.1) is 0 Å². The maximum Gasteiger partial charge on any atom is 0.458 e. The summed E-state index contributed by atoms with van der Waals surface area (Å²) in [7, 11) is 1.78. The van der Waals surface area contributed by atoms with E-state index >= 15 is 0 Å². The predicted molar refractivity (Wildman–Crippen MR) is 58.6 cm³/mol. The maximum atomic E-state index is 13.0. The van der Waals surface area contributed by atoms with E-state index in [-0.39, 0.29) is 0 Å². The van der Waals surface area contributed by atoms with Crippen molar-refractivity contribution in [3.63, 3.8) is 0 Å². The summed E-state index contributed by atoms with van der Waals surface area (Å²) in [4.78, 5) is 0. The van der Waals surface area contributed by atoms with Gasteiger partial charge in [0.15, 0.2) is 0 Å². The fraction of sp³-hybridized carbons (Fsp3) is 0.500. The Hall–Kier alpha value is -1.17. The van der Waals surface area contributed by atoms with Crippen molar-refractivity contribution in [3.8, 4) is 0 Å². The fourth-order valence-electron chi connectivity index (χ4n) is 1.51. The molecular weight excluding hydrogens is 253 g/mol. The van der Waals surface area contributed by atoms with E-state index in [1.165, 1.54) is 12.1 Å². The third-order valence-electron chi connectivity index (χ3n) is 2.56. The number of hydrogen-bond acceptors (Lipinski definition) is 1. The second kappa shape index (κ2) is 5.65. The van der Waals surface area contributed by atoms with Gasteiger partial charge in [0.2, 0.25) is 0 Å². The van der Waals surface area contributed by atoms with Crippen molar-refractivity contribution in [3.05, 3.63) is 35.4 Å². The number of rotatable bonds is 5. The number of hydrogen-bond donors (Lipinski definition) is 1. The van der Waals surface area contributed by atoms with Gasteiger partial charge in [0.1, 0.15) is 0 Å². The molecule has 18 heavy (non-hydrogen) atoms. The minimum absolute atomic E-state index is 0.638. The molecule has 1 nitrogen and oxygen atoms in total. The van der Waals surface area contributed by atoms with Gasteiger partial charge in [-0.15, -0.1) is 0 Å². The minimum Gasteiger partial charge on any atom is -0.320 e. The quantitative estimate of drug-likeness (QED) is 0.636. The Bertz CT molecular complexity index is 369. The van der Waals surface area contributed by atoms with Crippen molar-refractivity contribution < 1.29 is 22.0 Å². The van der Waals surface area contributed by atoms with E-state index in [9.17, 15) is 22.0 Å². The number of alkyl halides is 5. The van der Waals surface area contributed by atoms with Gasteiger partial charge in [-0.25, -0.2) is 0 Å². The van der Waals surface area contributed by atoms with E-state index in [4.69, 9.17) is 0 Å². The van der Waals surface area contributed by atoms with Crippen LogP contribution in [-0.2, 0) is 12.3 Å².